The molecule has 5 heteroatoms. The fourth-order valence-electron chi connectivity index (χ4n) is 6.19. The highest BCUT2D eigenvalue weighted by Gasteiger charge is 2.30. The number of hydrogen-bond donors (Lipinski definition) is 1. The smallest absolute Gasteiger partial charge is 0.126 e. The molecule has 5 rings (SSSR count). The number of nitrogens with one attached hydrogen (secondary N) is 1. The summed E-state index contributed by atoms with van der Waals surface area (Å²) in [4.78, 5) is 9.38. The lowest BCUT2D eigenvalue weighted by Crippen LogP contribution is -2.39. The Morgan fingerprint density at radius 2 is 1.78 bits per heavy atom. The fraction of sp³-hybridized carbons (Fsp3) is 0.438. The first-order valence-corrected chi connectivity index (χ1v) is 13.8. The van der Waals surface area contributed by atoms with Gasteiger partial charge in [0.1, 0.15) is 5.82 Å². The number of hydrogen-bond acceptors (Lipinski definition) is 5. The highest BCUT2D eigenvalue weighted by atomic mass is 15.1. The minimum atomic E-state index is 0.481. The van der Waals surface area contributed by atoms with Gasteiger partial charge in [0.25, 0.3) is 0 Å². The molecule has 37 heavy (non-hydrogen) atoms. The number of benzene rings is 2. The number of piperidine rings is 1. The summed E-state index contributed by atoms with van der Waals surface area (Å²) < 4.78 is 0. The highest BCUT2D eigenvalue weighted by Crippen LogP contribution is 2.35. The van der Waals surface area contributed by atoms with Crippen LogP contribution in [0.4, 0.5) is 17.2 Å². The maximum atomic E-state index is 9.12. The van der Waals surface area contributed by atoms with Gasteiger partial charge in [0.2, 0.25) is 0 Å². The Morgan fingerprint density at radius 1 is 0.973 bits per heavy atom. The third-order valence-corrected chi connectivity index (χ3v) is 8.21. The van der Waals surface area contributed by atoms with Gasteiger partial charge >= 0.3 is 0 Å². The van der Waals surface area contributed by atoms with E-state index in [1.807, 2.05) is 18.3 Å². The summed E-state index contributed by atoms with van der Waals surface area (Å²) in [6.07, 6.45) is 10.9. The molecule has 2 fully saturated rings. The largest absolute Gasteiger partial charge is 0.378 e. The third kappa shape index (κ3) is 6.25. The lowest BCUT2D eigenvalue weighted by molar-refractivity contribution is 0.247. The van der Waals surface area contributed by atoms with E-state index < -0.39 is 0 Å². The van der Waals surface area contributed by atoms with Crippen LogP contribution in [0.1, 0.15) is 50.5 Å². The monoisotopic (exact) mass is 493 g/mol. The van der Waals surface area contributed by atoms with E-state index in [9.17, 15) is 0 Å². The van der Waals surface area contributed by atoms with Crippen LogP contribution in [0.25, 0.3) is 11.1 Å². The zero-order valence-corrected chi connectivity index (χ0v) is 22.2. The van der Waals surface area contributed by atoms with Gasteiger partial charge in [0.15, 0.2) is 0 Å². The maximum Gasteiger partial charge on any atom is 0.126 e. The second-order valence-corrected chi connectivity index (χ2v) is 11.0. The molecule has 1 N–H and O–H groups in total. The zero-order valence-electron chi connectivity index (χ0n) is 22.2. The van der Waals surface area contributed by atoms with Crippen molar-refractivity contribution in [2.45, 2.75) is 51.0 Å². The van der Waals surface area contributed by atoms with Gasteiger partial charge < -0.3 is 15.1 Å². The van der Waals surface area contributed by atoms with Gasteiger partial charge in [-0.2, -0.15) is 5.26 Å². The molecule has 192 valence electrons. The van der Waals surface area contributed by atoms with Gasteiger partial charge in [-0.05, 0) is 104 Å². The summed E-state index contributed by atoms with van der Waals surface area (Å²) in [7, 11) is 4.16. The van der Waals surface area contributed by atoms with Crippen molar-refractivity contribution in [2.75, 3.05) is 42.3 Å². The van der Waals surface area contributed by atoms with E-state index in [0.717, 1.165) is 24.5 Å². The summed E-state index contributed by atoms with van der Waals surface area (Å²) in [6, 6.07) is 23.8. The van der Waals surface area contributed by atoms with Crippen molar-refractivity contribution < 1.29 is 0 Å². The van der Waals surface area contributed by atoms with Crippen LogP contribution in [-0.4, -0.2) is 38.2 Å². The number of anilines is 3. The van der Waals surface area contributed by atoms with Gasteiger partial charge in [-0.3, -0.25) is 0 Å². The number of aromatic nitrogens is 1. The van der Waals surface area contributed by atoms with Crippen molar-refractivity contribution in [2.24, 2.45) is 11.8 Å². The standard InChI is InChI=1S/C32H39N5/c1-36(2)30-10-5-9-26(20-30)27-16-17-34-32(21-27)35-31-11-4-3-8-28(31)19-25-7-6-18-37(23-25)29-14-12-24(22-33)13-15-29/h5,9-10,12-17,20-21,25,28,31H,3-4,6-8,11,18-19,23H2,1-2H3,(H,34,35)/t25-,28+,31-/m1/s1. The van der Waals surface area contributed by atoms with Crippen molar-refractivity contribution >= 4 is 17.2 Å². The van der Waals surface area contributed by atoms with E-state index in [2.05, 4.69) is 83.8 Å². The van der Waals surface area contributed by atoms with Crippen LogP contribution in [0, 0.1) is 23.2 Å². The molecule has 2 aliphatic rings. The Labute approximate surface area is 222 Å². The van der Waals surface area contributed by atoms with Crippen molar-refractivity contribution in [1.29, 1.82) is 5.26 Å². The summed E-state index contributed by atoms with van der Waals surface area (Å²) in [6.45, 7) is 2.23. The number of nitriles is 1. The highest BCUT2D eigenvalue weighted by molar-refractivity contribution is 5.70. The molecule has 0 amide bonds. The molecule has 0 bridgehead atoms. The van der Waals surface area contributed by atoms with E-state index in [0.29, 0.717) is 17.9 Å². The molecule has 3 aromatic rings. The van der Waals surface area contributed by atoms with Crippen LogP contribution in [0.15, 0.2) is 66.9 Å². The SMILES string of the molecule is CN(C)c1cccc(-c2ccnc(N[C@@H]3CCCC[C@H]3C[C@H]3CCCN(c4ccc(C#N)cc4)C3)c2)c1. The zero-order chi connectivity index (χ0) is 25.6. The predicted molar refractivity (Wildman–Crippen MR) is 154 cm³/mol. The van der Waals surface area contributed by atoms with Crippen LogP contribution in [-0.2, 0) is 0 Å². The Kier molecular flexibility index (Phi) is 7.94. The first-order chi connectivity index (χ1) is 18.1. The average Bonchev–Trinajstić information content (AvgIpc) is 2.94. The molecule has 1 aliphatic heterocycles. The maximum absolute atomic E-state index is 9.12. The molecule has 0 unspecified atom stereocenters. The average molecular weight is 494 g/mol. The second kappa shape index (κ2) is 11.7. The second-order valence-electron chi connectivity index (χ2n) is 11.0. The van der Waals surface area contributed by atoms with E-state index in [1.54, 1.807) is 0 Å². The number of nitrogens with zero attached hydrogens (tertiary/aromatic N) is 4. The Morgan fingerprint density at radius 3 is 2.59 bits per heavy atom. The molecule has 0 radical (unpaired) electrons. The topological polar surface area (TPSA) is 55.2 Å². The van der Waals surface area contributed by atoms with Crippen LogP contribution in [0.5, 0.6) is 0 Å². The first-order valence-electron chi connectivity index (χ1n) is 13.8. The van der Waals surface area contributed by atoms with Crippen LogP contribution in [0.3, 0.4) is 0 Å². The molecule has 1 aromatic heterocycles. The molecule has 2 aromatic carbocycles. The summed E-state index contributed by atoms with van der Waals surface area (Å²) in [5.74, 6) is 2.39. The molecule has 3 atom stereocenters. The van der Waals surface area contributed by atoms with Gasteiger partial charge in [-0.1, -0.05) is 25.0 Å². The molecule has 5 nitrogen and oxygen atoms in total. The quantitative estimate of drug-likeness (QED) is 0.385. The molecular formula is C32H39N5. The van der Waals surface area contributed by atoms with Gasteiger partial charge in [-0.15, -0.1) is 0 Å². The van der Waals surface area contributed by atoms with Crippen molar-refractivity contribution in [1.82, 2.24) is 4.98 Å². The van der Waals surface area contributed by atoms with E-state index in [4.69, 9.17) is 10.2 Å². The predicted octanol–water partition coefficient (Wildman–Crippen LogP) is 6.96. The molecule has 1 saturated carbocycles. The van der Waals surface area contributed by atoms with Crippen LogP contribution in [0.2, 0.25) is 0 Å². The Balaban J connectivity index is 1.25. The minimum absolute atomic E-state index is 0.481. The summed E-state index contributed by atoms with van der Waals surface area (Å²) in [5.41, 5.74) is 5.62. The number of rotatable bonds is 7. The normalized spacial score (nSPS) is 21.8. The molecule has 2 heterocycles. The molecule has 0 spiro atoms. The minimum Gasteiger partial charge on any atom is -0.378 e. The van der Waals surface area contributed by atoms with E-state index >= 15 is 0 Å². The Bertz CT molecular complexity index is 1210. The summed E-state index contributed by atoms with van der Waals surface area (Å²) >= 11 is 0. The number of pyridine rings is 1. The van der Waals surface area contributed by atoms with Gasteiger partial charge in [0, 0.05) is 50.8 Å². The van der Waals surface area contributed by atoms with Crippen LogP contribution < -0.4 is 15.1 Å². The van der Waals surface area contributed by atoms with Crippen molar-refractivity contribution in [3.63, 3.8) is 0 Å². The molecule has 1 aliphatic carbocycles. The van der Waals surface area contributed by atoms with Crippen LogP contribution >= 0.6 is 0 Å². The van der Waals surface area contributed by atoms with E-state index in [1.165, 1.54) is 67.4 Å². The third-order valence-electron chi connectivity index (χ3n) is 8.21. The van der Waals surface area contributed by atoms with E-state index in [-0.39, 0.29) is 0 Å². The Hall–Kier alpha value is -3.52. The lowest BCUT2D eigenvalue weighted by Gasteiger charge is -2.39. The van der Waals surface area contributed by atoms with Gasteiger partial charge in [-0.25, -0.2) is 4.98 Å². The van der Waals surface area contributed by atoms with Gasteiger partial charge in [0.05, 0.1) is 11.6 Å². The molecular weight excluding hydrogens is 454 g/mol. The molecule has 1 saturated heterocycles. The fourth-order valence-corrected chi connectivity index (χ4v) is 6.19. The van der Waals surface area contributed by atoms with Crippen molar-refractivity contribution in [3.05, 3.63) is 72.4 Å². The summed E-state index contributed by atoms with van der Waals surface area (Å²) in [5, 5.41) is 13.0. The lowest BCUT2D eigenvalue weighted by atomic mass is 9.77. The first kappa shape index (κ1) is 25.1. The van der Waals surface area contributed by atoms with Crippen molar-refractivity contribution in [3.8, 4) is 17.2 Å².